The fraction of sp³-hybridized carbons (Fsp3) is 0.0909. The number of nitrogens with zero attached hydrogens (tertiary/aromatic N) is 4. The zero-order valence-electron chi connectivity index (χ0n) is 10.5. The van der Waals surface area contributed by atoms with Crippen LogP contribution in [0.25, 0.3) is 5.57 Å². The second-order valence-electron chi connectivity index (χ2n) is 3.74. The molecule has 0 saturated carbocycles. The Bertz CT molecular complexity index is 719. The summed E-state index contributed by atoms with van der Waals surface area (Å²) < 4.78 is 53.5. The van der Waals surface area contributed by atoms with E-state index in [2.05, 4.69) is 30.7 Å². The van der Waals surface area contributed by atoms with E-state index in [1.54, 1.807) is 6.07 Å². The minimum absolute atomic E-state index is 0.0598. The van der Waals surface area contributed by atoms with Crippen LogP contribution in [0.2, 0.25) is 0 Å². The molecule has 0 spiro atoms. The van der Waals surface area contributed by atoms with Gasteiger partial charge in [0.25, 0.3) is 0 Å². The molecular weight excluding hydrogens is 308 g/mol. The number of allylic oxidation sites excluding steroid dienone is 1. The van der Waals surface area contributed by atoms with E-state index in [1.165, 1.54) is 0 Å². The van der Waals surface area contributed by atoms with Crippen molar-refractivity contribution in [2.45, 2.75) is 6.36 Å². The molecule has 0 saturated heterocycles. The van der Waals surface area contributed by atoms with Gasteiger partial charge in [0.2, 0.25) is 5.82 Å². The fourth-order valence-corrected chi connectivity index (χ4v) is 1.40. The third-order valence-corrected chi connectivity index (χ3v) is 2.25. The number of halogens is 4. The lowest BCUT2D eigenvalue weighted by Gasteiger charge is -2.13. The molecule has 0 aliphatic rings. The minimum Gasteiger partial charge on any atom is -0.403 e. The fourth-order valence-electron chi connectivity index (χ4n) is 1.40. The number of tetrazole rings is 1. The zero-order valence-corrected chi connectivity index (χ0v) is 10.5. The van der Waals surface area contributed by atoms with Crippen molar-refractivity contribution in [1.29, 1.82) is 5.26 Å². The Hall–Kier alpha value is -3.16. The summed E-state index contributed by atoms with van der Waals surface area (Å²) in [5, 5.41) is 23.8. The Kier molecular flexibility index (Phi) is 4.21. The van der Waals surface area contributed by atoms with E-state index < -0.39 is 17.9 Å². The third kappa shape index (κ3) is 3.92. The Morgan fingerprint density at radius 3 is 2.77 bits per heavy atom. The number of hydrogen-bond acceptors (Lipinski definition) is 6. The number of rotatable bonds is 4. The minimum atomic E-state index is -4.99. The Labute approximate surface area is 120 Å². The standard InChI is InChI=1S/C11H6F4N6O/c12-7-1-2-8(9(3-7)22-11(13,14)15)17-5-6(4-16)10-18-20-21-19-10/h1-3,5,17H,(H,18,19,20,21). The van der Waals surface area contributed by atoms with Crippen molar-refractivity contribution in [3.63, 3.8) is 0 Å². The predicted octanol–water partition coefficient (Wildman–Crippen LogP) is 2.21. The molecule has 0 atom stereocenters. The average molecular weight is 314 g/mol. The lowest BCUT2D eigenvalue weighted by molar-refractivity contribution is -0.274. The molecule has 0 aliphatic heterocycles. The molecule has 0 aliphatic carbocycles. The maximum atomic E-state index is 13.0. The van der Waals surface area contributed by atoms with Gasteiger partial charge in [0.15, 0.2) is 5.75 Å². The van der Waals surface area contributed by atoms with Gasteiger partial charge >= 0.3 is 6.36 Å². The zero-order chi connectivity index (χ0) is 16.2. The number of hydrogen-bond donors (Lipinski definition) is 2. The monoisotopic (exact) mass is 314 g/mol. The van der Waals surface area contributed by atoms with Gasteiger partial charge in [0.1, 0.15) is 17.5 Å². The van der Waals surface area contributed by atoms with Crippen molar-refractivity contribution >= 4 is 11.3 Å². The van der Waals surface area contributed by atoms with Crippen molar-refractivity contribution in [1.82, 2.24) is 20.6 Å². The molecule has 11 heteroatoms. The molecule has 2 N–H and O–H groups in total. The van der Waals surface area contributed by atoms with Crippen LogP contribution in [0.15, 0.2) is 24.4 Å². The van der Waals surface area contributed by atoms with Gasteiger partial charge in [-0.1, -0.05) is 0 Å². The van der Waals surface area contributed by atoms with Crippen molar-refractivity contribution < 1.29 is 22.3 Å². The van der Waals surface area contributed by atoms with Gasteiger partial charge in [-0.25, -0.2) is 4.39 Å². The third-order valence-electron chi connectivity index (χ3n) is 2.25. The van der Waals surface area contributed by atoms with Crippen LogP contribution < -0.4 is 10.1 Å². The van der Waals surface area contributed by atoms with Crippen molar-refractivity contribution in [2.24, 2.45) is 0 Å². The number of alkyl halides is 3. The second kappa shape index (κ2) is 6.08. The first-order valence-corrected chi connectivity index (χ1v) is 5.55. The van der Waals surface area contributed by atoms with Crippen LogP contribution in [0.1, 0.15) is 5.82 Å². The second-order valence-corrected chi connectivity index (χ2v) is 3.74. The molecule has 2 aromatic rings. The van der Waals surface area contributed by atoms with E-state index in [9.17, 15) is 17.6 Å². The molecule has 1 aromatic carbocycles. The molecule has 0 radical (unpaired) electrons. The number of nitrogens with one attached hydrogen (secondary N) is 2. The van der Waals surface area contributed by atoms with Crippen LogP contribution in [0.4, 0.5) is 23.2 Å². The summed E-state index contributed by atoms with van der Waals surface area (Å²) in [5.41, 5.74) is -0.300. The van der Waals surface area contributed by atoms with Gasteiger partial charge in [0.05, 0.1) is 5.69 Å². The maximum Gasteiger partial charge on any atom is 0.573 e. The molecule has 1 aromatic heterocycles. The summed E-state index contributed by atoms with van der Waals surface area (Å²) in [4.78, 5) is 0. The smallest absolute Gasteiger partial charge is 0.403 e. The lowest BCUT2D eigenvalue weighted by Crippen LogP contribution is -2.18. The summed E-state index contributed by atoms with van der Waals surface area (Å²) in [7, 11) is 0. The van der Waals surface area contributed by atoms with E-state index >= 15 is 0 Å². The maximum absolute atomic E-state index is 13.0. The molecule has 0 fully saturated rings. The van der Waals surface area contributed by atoms with Crippen molar-refractivity contribution in [3.05, 3.63) is 36.0 Å². The Morgan fingerprint density at radius 2 is 2.18 bits per heavy atom. The normalized spacial score (nSPS) is 11.9. The first-order chi connectivity index (χ1) is 10.4. The van der Waals surface area contributed by atoms with E-state index in [-0.39, 0.29) is 17.1 Å². The number of aromatic amines is 1. The van der Waals surface area contributed by atoms with Gasteiger partial charge < -0.3 is 10.1 Å². The lowest BCUT2D eigenvalue weighted by atomic mass is 10.2. The molecule has 114 valence electrons. The van der Waals surface area contributed by atoms with Crippen LogP contribution in [0.5, 0.6) is 5.75 Å². The predicted molar refractivity (Wildman–Crippen MR) is 64.5 cm³/mol. The number of anilines is 1. The average Bonchev–Trinajstić information content (AvgIpc) is 2.94. The van der Waals surface area contributed by atoms with E-state index in [0.29, 0.717) is 6.07 Å². The Balaban J connectivity index is 2.28. The summed E-state index contributed by atoms with van der Waals surface area (Å²) in [6, 6.07) is 4.25. The van der Waals surface area contributed by atoms with Crippen LogP contribution >= 0.6 is 0 Å². The van der Waals surface area contributed by atoms with Gasteiger partial charge in [-0.15, -0.1) is 23.4 Å². The first kappa shape index (κ1) is 15.2. The number of H-pyrrole nitrogens is 1. The highest BCUT2D eigenvalue weighted by molar-refractivity contribution is 5.74. The molecule has 7 nitrogen and oxygen atoms in total. The summed E-state index contributed by atoms with van der Waals surface area (Å²) >= 11 is 0. The van der Waals surface area contributed by atoms with E-state index in [4.69, 9.17) is 5.26 Å². The Morgan fingerprint density at radius 1 is 1.41 bits per heavy atom. The summed E-state index contributed by atoms with van der Waals surface area (Å²) in [5.74, 6) is -1.75. The quantitative estimate of drug-likeness (QED) is 0.663. The molecule has 0 amide bonds. The summed E-state index contributed by atoms with van der Waals surface area (Å²) in [6.07, 6.45) is -3.94. The van der Waals surface area contributed by atoms with Crippen LogP contribution in [0.3, 0.4) is 0 Å². The number of aromatic nitrogens is 4. The molecule has 0 bridgehead atoms. The van der Waals surface area contributed by atoms with Gasteiger partial charge in [0, 0.05) is 12.3 Å². The van der Waals surface area contributed by atoms with Gasteiger partial charge in [-0.05, 0) is 17.3 Å². The molecular formula is C11H6F4N6O. The van der Waals surface area contributed by atoms with Gasteiger partial charge in [-0.2, -0.15) is 10.5 Å². The van der Waals surface area contributed by atoms with Gasteiger partial charge in [-0.3, -0.25) is 0 Å². The largest absolute Gasteiger partial charge is 0.573 e. The number of nitriles is 1. The first-order valence-electron chi connectivity index (χ1n) is 5.55. The number of ether oxygens (including phenoxy) is 1. The van der Waals surface area contributed by atoms with E-state index in [0.717, 1.165) is 18.3 Å². The SMILES string of the molecule is N#CC(=CNc1ccc(F)cc1OC(F)(F)F)c1nn[nH]n1. The van der Waals surface area contributed by atoms with E-state index in [1.807, 2.05) is 0 Å². The molecule has 0 unspecified atom stereocenters. The number of benzene rings is 1. The molecule has 2 rings (SSSR count). The molecule has 22 heavy (non-hydrogen) atoms. The molecule has 1 heterocycles. The highest BCUT2D eigenvalue weighted by Crippen LogP contribution is 2.31. The summed E-state index contributed by atoms with van der Waals surface area (Å²) in [6.45, 7) is 0. The van der Waals surface area contributed by atoms with Crippen LogP contribution in [-0.4, -0.2) is 27.0 Å². The van der Waals surface area contributed by atoms with Crippen LogP contribution in [-0.2, 0) is 0 Å². The van der Waals surface area contributed by atoms with Crippen LogP contribution in [0, 0.1) is 17.1 Å². The van der Waals surface area contributed by atoms with Crippen molar-refractivity contribution in [3.8, 4) is 11.8 Å². The topological polar surface area (TPSA) is 99.5 Å². The highest BCUT2D eigenvalue weighted by Gasteiger charge is 2.32. The van der Waals surface area contributed by atoms with Crippen molar-refractivity contribution in [2.75, 3.05) is 5.32 Å². The highest BCUT2D eigenvalue weighted by atomic mass is 19.4.